The Kier molecular flexibility index (Phi) is 8.72. The lowest BCUT2D eigenvalue weighted by atomic mass is 10.1. The quantitative estimate of drug-likeness (QED) is 0.632. The minimum absolute atomic E-state index is 0.711. The number of ether oxygens (including phenoxy) is 1. The van der Waals surface area contributed by atoms with E-state index in [4.69, 9.17) is 16.3 Å². The SMILES string of the molecule is COc1ccc(CCCCCCNCC(C)C)cc1Cl. The van der Waals surface area contributed by atoms with Crippen LogP contribution in [-0.2, 0) is 6.42 Å². The number of hydrogen-bond donors (Lipinski definition) is 1. The molecule has 0 saturated heterocycles. The summed E-state index contributed by atoms with van der Waals surface area (Å²) >= 11 is 6.12. The van der Waals surface area contributed by atoms with Crippen molar-refractivity contribution in [3.8, 4) is 5.75 Å². The zero-order valence-corrected chi connectivity index (χ0v) is 13.8. The van der Waals surface area contributed by atoms with Crippen LogP contribution in [0.15, 0.2) is 18.2 Å². The molecule has 1 aromatic carbocycles. The van der Waals surface area contributed by atoms with Gasteiger partial charge in [0.15, 0.2) is 0 Å². The number of unbranched alkanes of at least 4 members (excludes halogenated alkanes) is 3. The van der Waals surface area contributed by atoms with Crippen molar-refractivity contribution in [2.24, 2.45) is 5.92 Å². The second kappa shape index (κ2) is 10.1. The van der Waals surface area contributed by atoms with Gasteiger partial charge in [-0.3, -0.25) is 0 Å². The van der Waals surface area contributed by atoms with Gasteiger partial charge in [0.1, 0.15) is 5.75 Å². The molecular weight excluding hydrogens is 270 g/mol. The van der Waals surface area contributed by atoms with E-state index < -0.39 is 0 Å². The van der Waals surface area contributed by atoms with Gasteiger partial charge in [0, 0.05) is 0 Å². The summed E-state index contributed by atoms with van der Waals surface area (Å²) in [6.45, 7) is 6.76. The van der Waals surface area contributed by atoms with Crippen molar-refractivity contribution < 1.29 is 4.74 Å². The van der Waals surface area contributed by atoms with E-state index in [1.165, 1.54) is 31.2 Å². The first-order valence-corrected chi connectivity index (χ1v) is 8.04. The molecule has 114 valence electrons. The van der Waals surface area contributed by atoms with Crippen molar-refractivity contribution in [1.29, 1.82) is 0 Å². The van der Waals surface area contributed by atoms with Gasteiger partial charge in [0.25, 0.3) is 0 Å². The summed E-state index contributed by atoms with van der Waals surface area (Å²) in [5.74, 6) is 1.50. The molecule has 0 aromatic heterocycles. The van der Waals surface area contributed by atoms with Gasteiger partial charge in [-0.05, 0) is 56.0 Å². The number of aryl methyl sites for hydroxylation is 1. The van der Waals surface area contributed by atoms with Crippen LogP contribution in [0.25, 0.3) is 0 Å². The molecular formula is C17H28ClNO. The molecule has 0 unspecified atom stereocenters. The van der Waals surface area contributed by atoms with E-state index in [2.05, 4.69) is 25.2 Å². The molecule has 0 fully saturated rings. The first-order valence-electron chi connectivity index (χ1n) is 7.66. The van der Waals surface area contributed by atoms with Crippen molar-refractivity contribution in [3.05, 3.63) is 28.8 Å². The summed E-state index contributed by atoms with van der Waals surface area (Å²) in [6.07, 6.45) is 6.19. The third kappa shape index (κ3) is 7.16. The zero-order valence-electron chi connectivity index (χ0n) is 13.0. The predicted molar refractivity (Wildman–Crippen MR) is 87.9 cm³/mol. The summed E-state index contributed by atoms with van der Waals surface area (Å²) in [6, 6.07) is 6.08. The van der Waals surface area contributed by atoms with Gasteiger partial charge < -0.3 is 10.1 Å². The van der Waals surface area contributed by atoms with Crippen LogP contribution in [0.5, 0.6) is 5.75 Å². The standard InChI is InChI=1S/C17H28ClNO/c1-14(2)13-19-11-7-5-4-6-8-15-9-10-17(20-3)16(18)12-15/h9-10,12,14,19H,4-8,11,13H2,1-3H3. The van der Waals surface area contributed by atoms with Crippen molar-refractivity contribution >= 4 is 11.6 Å². The normalized spacial score (nSPS) is 11.1. The maximum atomic E-state index is 6.12. The van der Waals surface area contributed by atoms with Crippen molar-refractivity contribution in [3.63, 3.8) is 0 Å². The molecule has 0 aliphatic heterocycles. The Balaban J connectivity index is 2.08. The Morgan fingerprint density at radius 2 is 1.90 bits per heavy atom. The molecule has 3 heteroatoms. The highest BCUT2D eigenvalue weighted by molar-refractivity contribution is 6.32. The molecule has 0 spiro atoms. The minimum Gasteiger partial charge on any atom is -0.495 e. The Bertz CT molecular complexity index is 379. The van der Waals surface area contributed by atoms with Crippen LogP contribution in [0, 0.1) is 5.92 Å². The van der Waals surface area contributed by atoms with E-state index in [1.807, 2.05) is 12.1 Å². The van der Waals surface area contributed by atoms with Crippen LogP contribution < -0.4 is 10.1 Å². The smallest absolute Gasteiger partial charge is 0.137 e. The maximum Gasteiger partial charge on any atom is 0.137 e. The monoisotopic (exact) mass is 297 g/mol. The molecule has 0 aliphatic carbocycles. The summed E-state index contributed by atoms with van der Waals surface area (Å²) in [7, 11) is 1.65. The summed E-state index contributed by atoms with van der Waals surface area (Å²) in [4.78, 5) is 0. The largest absolute Gasteiger partial charge is 0.495 e. The van der Waals surface area contributed by atoms with Crippen LogP contribution in [0.1, 0.15) is 45.1 Å². The fourth-order valence-corrected chi connectivity index (χ4v) is 2.47. The van der Waals surface area contributed by atoms with Crippen LogP contribution in [0.2, 0.25) is 5.02 Å². The number of hydrogen-bond acceptors (Lipinski definition) is 2. The number of benzene rings is 1. The molecule has 0 radical (unpaired) electrons. The molecule has 0 atom stereocenters. The first-order chi connectivity index (χ1) is 9.63. The van der Waals surface area contributed by atoms with E-state index in [9.17, 15) is 0 Å². The molecule has 0 saturated carbocycles. The van der Waals surface area contributed by atoms with E-state index in [-0.39, 0.29) is 0 Å². The third-order valence-corrected chi connectivity index (χ3v) is 3.63. The average molecular weight is 298 g/mol. The predicted octanol–water partition coefficient (Wildman–Crippen LogP) is 4.70. The topological polar surface area (TPSA) is 21.3 Å². The molecule has 0 amide bonds. The fourth-order valence-electron chi connectivity index (χ4n) is 2.19. The van der Waals surface area contributed by atoms with Gasteiger partial charge in [-0.25, -0.2) is 0 Å². The van der Waals surface area contributed by atoms with Gasteiger partial charge in [0.2, 0.25) is 0 Å². The van der Waals surface area contributed by atoms with Crippen LogP contribution in [0.4, 0.5) is 0 Å². The van der Waals surface area contributed by atoms with Crippen molar-refractivity contribution in [2.45, 2.75) is 46.0 Å². The molecule has 1 rings (SSSR count). The molecule has 1 aromatic rings. The van der Waals surface area contributed by atoms with E-state index in [0.717, 1.165) is 31.2 Å². The Morgan fingerprint density at radius 1 is 1.15 bits per heavy atom. The van der Waals surface area contributed by atoms with Gasteiger partial charge in [0.05, 0.1) is 12.1 Å². The second-order valence-electron chi connectivity index (χ2n) is 5.73. The van der Waals surface area contributed by atoms with E-state index >= 15 is 0 Å². The molecule has 20 heavy (non-hydrogen) atoms. The molecule has 1 N–H and O–H groups in total. The van der Waals surface area contributed by atoms with E-state index in [1.54, 1.807) is 7.11 Å². The molecule has 2 nitrogen and oxygen atoms in total. The van der Waals surface area contributed by atoms with Gasteiger partial charge >= 0.3 is 0 Å². The number of nitrogens with one attached hydrogen (secondary N) is 1. The Hall–Kier alpha value is -0.730. The zero-order chi connectivity index (χ0) is 14.8. The highest BCUT2D eigenvalue weighted by Crippen LogP contribution is 2.25. The highest BCUT2D eigenvalue weighted by atomic mass is 35.5. The van der Waals surface area contributed by atoms with Crippen LogP contribution in [0.3, 0.4) is 0 Å². The maximum absolute atomic E-state index is 6.12. The fraction of sp³-hybridized carbons (Fsp3) is 0.647. The van der Waals surface area contributed by atoms with Gasteiger partial charge in [-0.1, -0.05) is 44.4 Å². The molecule has 0 bridgehead atoms. The van der Waals surface area contributed by atoms with Crippen LogP contribution >= 0.6 is 11.6 Å². The van der Waals surface area contributed by atoms with Crippen LogP contribution in [-0.4, -0.2) is 20.2 Å². The first kappa shape index (κ1) is 17.3. The summed E-state index contributed by atoms with van der Waals surface area (Å²) in [5.41, 5.74) is 1.30. The highest BCUT2D eigenvalue weighted by Gasteiger charge is 2.01. The number of methoxy groups -OCH3 is 1. The lowest BCUT2D eigenvalue weighted by Gasteiger charge is -2.08. The summed E-state index contributed by atoms with van der Waals surface area (Å²) < 4.78 is 5.16. The lowest BCUT2D eigenvalue weighted by Crippen LogP contribution is -2.20. The van der Waals surface area contributed by atoms with E-state index in [0.29, 0.717) is 5.02 Å². The third-order valence-electron chi connectivity index (χ3n) is 3.34. The second-order valence-corrected chi connectivity index (χ2v) is 6.14. The summed E-state index contributed by atoms with van der Waals surface area (Å²) in [5, 5.41) is 4.19. The Labute approximate surface area is 128 Å². The number of halogens is 1. The molecule has 0 heterocycles. The Morgan fingerprint density at radius 3 is 2.55 bits per heavy atom. The van der Waals surface area contributed by atoms with Gasteiger partial charge in [-0.15, -0.1) is 0 Å². The van der Waals surface area contributed by atoms with Crippen molar-refractivity contribution in [1.82, 2.24) is 5.32 Å². The number of rotatable bonds is 10. The minimum atomic E-state index is 0.711. The average Bonchev–Trinajstić information content (AvgIpc) is 2.41. The molecule has 0 aliphatic rings. The van der Waals surface area contributed by atoms with Gasteiger partial charge in [-0.2, -0.15) is 0 Å². The van der Waals surface area contributed by atoms with Crippen molar-refractivity contribution in [2.75, 3.05) is 20.2 Å². The lowest BCUT2D eigenvalue weighted by molar-refractivity contribution is 0.415.